The molecular weight excluding hydrogens is 238 g/mol. The standard InChI is InChI=1S/C8H10BrNOS/c9-8-1-6(5-12-8)2-10-7-3-11-4-7/h1,5,7,10H,2-4H2. The van der Waals surface area contributed by atoms with E-state index in [2.05, 4.69) is 32.7 Å². The lowest BCUT2D eigenvalue weighted by Crippen LogP contribution is -2.45. The first-order valence-corrected chi connectivity index (χ1v) is 5.56. The molecule has 0 atom stereocenters. The van der Waals surface area contributed by atoms with Crippen molar-refractivity contribution in [3.05, 3.63) is 20.8 Å². The maximum Gasteiger partial charge on any atom is 0.0701 e. The van der Waals surface area contributed by atoms with Gasteiger partial charge < -0.3 is 10.1 Å². The molecule has 0 aliphatic carbocycles. The first-order valence-electron chi connectivity index (χ1n) is 3.88. The Bertz CT molecular complexity index is 259. The van der Waals surface area contributed by atoms with Crippen molar-refractivity contribution in [2.45, 2.75) is 12.6 Å². The molecule has 1 aliphatic rings. The van der Waals surface area contributed by atoms with Gasteiger partial charge in [-0.1, -0.05) is 0 Å². The number of hydrogen-bond donors (Lipinski definition) is 1. The SMILES string of the molecule is Brc1cc(CNC2COC2)cs1. The van der Waals surface area contributed by atoms with Gasteiger partial charge in [0.15, 0.2) is 0 Å². The molecule has 0 saturated carbocycles. The van der Waals surface area contributed by atoms with Crippen LogP contribution < -0.4 is 5.32 Å². The molecule has 0 radical (unpaired) electrons. The quantitative estimate of drug-likeness (QED) is 0.883. The lowest BCUT2D eigenvalue weighted by atomic mass is 10.2. The lowest BCUT2D eigenvalue weighted by Gasteiger charge is -2.26. The number of nitrogens with one attached hydrogen (secondary N) is 1. The van der Waals surface area contributed by atoms with Gasteiger partial charge in [0, 0.05) is 6.54 Å². The van der Waals surface area contributed by atoms with Gasteiger partial charge in [0.25, 0.3) is 0 Å². The van der Waals surface area contributed by atoms with Crippen molar-refractivity contribution in [3.8, 4) is 0 Å². The molecule has 1 aromatic heterocycles. The number of rotatable bonds is 3. The third kappa shape index (κ3) is 2.07. The molecule has 0 unspecified atom stereocenters. The highest BCUT2D eigenvalue weighted by Crippen LogP contribution is 2.20. The molecule has 1 aliphatic heterocycles. The highest BCUT2D eigenvalue weighted by molar-refractivity contribution is 9.11. The van der Waals surface area contributed by atoms with Crippen LogP contribution in [0.25, 0.3) is 0 Å². The van der Waals surface area contributed by atoms with E-state index in [-0.39, 0.29) is 0 Å². The molecular formula is C8H10BrNOS. The predicted octanol–water partition coefficient (Wildman–Crippen LogP) is 2.00. The molecule has 0 amide bonds. The minimum atomic E-state index is 0.573. The molecule has 0 bridgehead atoms. The largest absolute Gasteiger partial charge is 0.378 e. The van der Waals surface area contributed by atoms with E-state index in [4.69, 9.17) is 4.74 Å². The number of hydrogen-bond acceptors (Lipinski definition) is 3. The summed E-state index contributed by atoms with van der Waals surface area (Å²) in [5.41, 5.74) is 1.35. The molecule has 1 fully saturated rings. The van der Waals surface area contributed by atoms with Crippen molar-refractivity contribution < 1.29 is 4.74 Å². The Morgan fingerprint density at radius 2 is 2.50 bits per heavy atom. The number of ether oxygens (including phenoxy) is 1. The fourth-order valence-corrected chi connectivity index (χ4v) is 2.26. The summed E-state index contributed by atoms with van der Waals surface area (Å²) in [5.74, 6) is 0. The summed E-state index contributed by atoms with van der Waals surface area (Å²) in [6.07, 6.45) is 0. The van der Waals surface area contributed by atoms with Gasteiger partial charge in [-0.2, -0.15) is 0 Å². The molecule has 1 saturated heterocycles. The van der Waals surface area contributed by atoms with Gasteiger partial charge in [0.1, 0.15) is 0 Å². The van der Waals surface area contributed by atoms with Crippen LogP contribution in [0, 0.1) is 0 Å². The summed E-state index contributed by atoms with van der Waals surface area (Å²) in [6, 6.07) is 2.72. The van der Waals surface area contributed by atoms with Crippen LogP contribution in [-0.4, -0.2) is 19.3 Å². The summed E-state index contributed by atoms with van der Waals surface area (Å²) < 4.78 is 6.26. The van der Waals surface area contributed by atoms with Crippen LogP contribution in [0.5, 0.6) is 0 Å². The summed E-state index contributed by atoms with van der Waals surface area (Å²) in [5, 5.41) is 5.57. The average molecular weight is 248 g/mol. The van der Waals surface area contributed by atoms with Gasteiger partial charge in [-0.15, -0.1) is 11.3 Å². The Balaban J connectivity index is 1.79. The van der Waals surface area contributed by atoms with E-state index in [1.54, 1.807) is 11.3 Å². The minimum absolute atomic E-state index is 0.573. The summed E-state index contributed by atoms with van der Waals surface area (Å²) in [7, 11) is 0. The zero-order chi connectivity index (χ0) is 8.39. The molecule has 1 aromatic rings. The highest BCUT2D eigenvalue weighted by atomic mass is 79.9. The van der Waals surface area contributed by atoms with Crippen LogP contribution in [0.1, 0.15) is 5.56 Å². The van der Waals surface area contributed by atoms with E-state index in [9.17, 15) is 0 Å². The Labute approximate surface area is 84.1 Å². The van der Waals surface area contributed by atoms with Crippen molar-refractivity contribution in [1.29, 1.82) is 0 Å². The Hall–Kier alpha value is 0.1000. The van der Waals surface area contributed by atoms with E-state index in [0.29, 0.717) is 6.04 Å². The number of halogens is 1. The van der Waals surface area contributed by atoms with Crippen LogP contribution in [0.4, 0.5) is 0 Å². The third-order valence-electron chi connectivity index (χ3n) is 1.85. The monoisotopic (exact) mass is 247 g/mol. The van der Waals surface area contributed by atoms with Gasteiger partial charge >= 0.3 is 0 Å². The van der Waals surface area contributed by atoms with Crippen molar-refractivity contribution in [3.63, 3.8) is 0 Å². The second-order valence-corrected chi connectivity index (χ2v) is 5.16. The average Bonchev–Trinajstić information content (AvgIpc) is 2.32. The van der Waals surface area contributed by atoms with Crippen LogP contribution in [0.3, 0.4) is 0 Å². The molecule has 66 valence electrons. The molecule has 0 aromatic carbocycles. The fourth-order valence-electron chi connectivity index (χ4n) is 1.05. The summed E-state index contributed by atoms with van der Waals surface area (Å²) in [4.78, 5) is 0. The molecule has 2 nitrogen and oxygen atoms in total. The summed E-state index contributed by atoms with van der Waals surface area (Å²) in [6.45, 7) is 2.69. The summed E-state index contributed by atoms with van der Waals surface area (Å²) >= 11 is 5.16. The van der Waals surface area contributed by atoms with Crippen molar-refractivity contribution in [2.75, 3.05) is 13.2 Å². The normalized spacial score (nSPS) is 17.8. The zero-order valence-electron chi connectivity index (χ0n) is 6.55. The maximum atomic E-state index is 5.06. The van der Waals surface area contributed by atoms with Crippen molar-refractivity contribution in [2.24, 2.45) is 0 Å². The van der Waals surface area contributed by atoms with Gasteiger partial charge in [-0.3, -0.25) is 0 Å². The van der Waals surface area contributed by atoms with Gasteiger partial charge in [0.2, 0.25) is 0 Å². The Morgan fingerprint density at radius 3 is 3.00 bits per heavy atom. The van der Waals surface area contributed by atoms with Gasteiger partial charge in [-0.05, 0) is 32.9 Å². The molecule has 4 heteroatoms. The molecule has 12 heavy (non-hydrogen) atoms. The predicted molar refractivity (Wildman–Crippen MR) is 53.5 cm³/mol. The molecule has 1 N–H and O–H groups in total. The molecule has 2 heterocycles. The van der Waals surface area contributed by atoms with Crippen molar-refractivity contribution in [1.82, 2.24) is 5.32 Å². The van der Waals surface area contributed by atoms with E-state index >= 15 is 0 Å². The van der Waals surface area contributed by atoms with Crippen LogP contribution in [0.15, 0.2) is 15.2 Å². The Morgan fingerprint density at radius 1 is 1.67 bits per heavy atom. The lowest BCUT2D eigenvalue weighted by molar-refractivity contribution is -0.00577. The van der Waals surface area contributed by atoms with Crippen molar-refractivity contribution >= 4 is 27.3 Å². The second kappa shape index (κ2) is 3.87. The second-order valence-electron chi connectivity index (χ2n) is 2.87. The van der Waals surface area contributed by atoms with E-state index in [0.717, 1.165) is 19.8 Å². The number of thiophene rings is 1. The minimum Gasteiger partial charge on any atom is -0.378 e. The first kappa shape index (κ1) is 8.69. The molecule has 2 rings (SSSR count). The molecule has 0 spiro atoms. The van der Waals surface area contributed by atoms with E-state index in [1.165, 1.54) is 9.35 Å². The zero-order valence-corrected chi connectivity index (χ0v) is 8.95. The third-order valence-corrected chi connectivity index (χ3v) is 3.41. The smallest absolute Gasteiger partial charge is 0.0701 e. The van der Waals surface area contributed by atoms with E-state index in [1.807, 2.05) is 0 Å². The van der Waals surface area contributed by atoms with Crippen LogP contribution in [0.2, 0.25) is 0 Å². The Kier molecular flexibility index (Phi) is 2.80. The van der Waals surface area contributed by atoms with Crippen LogP contribution in [-0.2, 0) is 11.3 Å². The van der Waals surface area contributed by atoms with E-state index < -0.39 is 0 Å². The van der Waals surface area contributed by atoms with Gasteiger partial charge in [-0.25, -0.2) is 0 Å². The first-order chi connectivity index (χ1) is 5.84. The fraction of sp³-hybridized carbons (Fsp3) is 0.500. The maximum absolute atomic E-state index is 5.06. The topological polar surface area (TPSA) is 21.3 Å². The highest BCUT2D eigenvalue weighted by Gasteiger charge is 2.16. The van der Waals surface area contributed by atoms with Crippen LogP contribution >= 0.6 is 27.3 Å². The van der Waals surface area contributed by atoms with Gasteiger partial charge in [0.05, 0.1) is 23.0 Å².